The molecule has 2 aromatic rings. The van der Waals surface area contributed by atoms with Gasteiger partial charge in [-0.3, -0.25) is 4.79 Å². The van der Waals surface area contributed by atoms with Crippen molar-refractivity contribution in [1.29, 1.82) is 0 Å². The minimum absolute atomic E-state index is 0.0903. The molecule has 28 heavy (non-hydrogen) atoms. The lowest BCUT2D eigenvalue weighted by Crippen LogP contribution is -2.53. The van der Waals surface area contributed by atoms with Crippen LogP contribution in [0.4, 0.5) is 0 Å². The Morgan fingerprint density at radius 2 is 1.64 bits per heavy atom. The van der Waals surface area contributed by atoms with Gasteiger partial charge in [-0.2, -0.15) is 4.31 Å². The summed E-state index contributed by atoms with van der Waals surface area (Å²) in [6.07, 6.45) is -0.644. The van der Waals surface area contributed by atoms with Crippen molar-refractivity contribution in [2.75, 3.05) is 26.2 Å². The number of hydrogen-bond acceptors (Lipinski definition) is 4. The molecular weight excluding hydrogens is 400 g/mol. The smallest absolute Gasteiger partial charge is 0.263 e. The summed E-state index contributed by atoms with van der Waals surface area (Å²) in [5.41, 5.74) is 1.11. The molecule has 0 N–H and O–H groups in total. The van der Waals surface area contributed by atoms with Crippen LogP contribution in [0.25, 0.3) is 0 Å². The van der Waals surface area contributed by atoms with E-state index in [1.807, 2.05) is 31.2 Å². The third-order valence-corrected chi connectivity index (χ3v) is 7.08. The number of halogens is 1. The van der Waals surface area contributed by atoms with Crippen LogP contribution in [-0.4, -0.2) is 55.8 Å². The highest BCUT2D eigenvalue weighted by atomic mass is 35.5. The van der Waals surface area contributed by atoms with Gasteiger partial charge in [0.1, 0.15) is 10.6 Å². The van der Waals surface area contributed by atoms with Gasteiger partial charge in [0.2, 0.25) is 10.0 Å². The standard InChI is InChI=1S/C20H23ClN2O4S/c1-15-7-9-17(10-8-15)27-16(2)20(24)22-11-13-23(14-12-22)28(25,26)19-6-4-3-5-18(19)21/h3-10,16H,11-14H2,1-2H3. The van der Waals surface area contributed by atoms with Crippen LogP contribution in [0.3, 0.4) is 0 Å². The van der Waals surface area contributed by atoms with Crippen molar-refractivity contribution < 1.29 is 17.9 Å². The molecule has 6 nitrogen and oxygen atoms in total. The first-order chi connectivity index (χ1) is 13.3. The van der Waals surface area contributed by atoms with E-state index in [2.05, 4.69) is 0 Å². The molecule has 1 aliphatic rings. The number of benzene rings is 2. The van der Waals surface area contributed by atoms with Crippen LogP contribution in [0.15, 0.2) is 53.4 Å². The van der Waals surface area contributed by atoms with Crippen LogP contribution in [0.1, 0.15) is 12.5 Å². The van der Waals surface area contributed by atoms with Crippen LogP contribution in [-0.2, 0) is 14.8 Å². The van der Waals surface area contributed by atoms with Crippen LogP contribution in [0, 0.1) is 6.92 Å². The Bertz CT molecular complexity index is 939. The number of rotatable bonds is 5. The van der Waals surface area contributed by atoms with Crippen molar-refractivity contribution in [1.82, 2.24) is 9.21 Å². The molecule has 0 radical (unpaired) electrons. The largest absolute Gasteiger partial charge is 0.481 e. The lowest BCUT2D eigenvalue weighted by molar-refractivity contribution is -0.139. The molecule has 0 aliphatic carbocycles. The molecule has 8 heteroatoms. The monoisotopic (exact) mass is 422 g/mol. The number of aryl methyl sites for hydroxylation is 1. The average Bonchev–Trinajstić information content (AvgIpc) is 2.69. The van der Waals surface area contributed by atoms with Gasteiger partial charge in [0.25, 0.3) is 5.91 Å². The first kappa shape index (κ1) is 20.6. The van der Waals surface area contributed by atoms with Crippen molar-refractivity contribution in [2.45, 2.75) is 24.8 Å². The quantitative estimate of drug-likeness (QED) is 0.743. The van der Waals surface area contributed by atoms with Crippen LogP contribution >= 0.6 is 11.6 Å². The lowest BCUT2D eigenvalue weighted by Gasteiger charge is -2.35. The predicted octanol–water partition coefficient (Wildman–Crippen LogP) is 2.95. The van der Waals surface area contributed by atoms with E-state index < -0.39 is 16.1 Å². The Labute approximate surface area is 170 Å². The zero-order valence-corrected chi connectivity index (χ0v) is 17.4. The Hall–Kier alpha value is -2.09. The number of piperazine rings is 1. The molecule has 1 heterocycles. The van der Waals surface area contributed by atoms with E-state index in [0.717, 1.165) is 5.56 Å². The van der Waals surface area contributed by atoms with E-state index in [-0.39, 0.29) is 28.9 Å². The highest BCUT2D eigenvalue weighted by Crippen LogP contribution is 2.25. The summed E-state index contributed by atoms with van der Waals surface area (Å²) in [4.78, 5) is 14.4. The zero-order chi connectivity index (χ0) is 20.3. The number of ether oxygens (including phenoxy) is 1. The fourth-order valence-corrected chi connectivity index (χ4v) is 4.99. The van der Waals surface area contributed by atoms with E-state index in [1.165, 1.54) is 10.4 Å². The van der Waals surface area contributed by atoms with E-state index >= 15 is 0 Å². The summed E-state index contributed by atoms with van der Waals surface area (Å²) in [7, 11) is -3.68. The molecule has 3 rings (SSSR count). The summed E-state index contributed by atoms with van der Waals surface area (Å²) < 4.78 is 32.7. The van der Waals surface area contributed by atoms with E-state index in [1.54, 1.807) is 30.0 Å². The Balaban J connectivity index is 1.60. The van der Waals surface area contributed by atoms with Crippen molar-refractivity contribution in [3.05, 3.63) is 59.1 Å². The van der Waals surface area contributed by atoms with Crippen LogP contribution in [0.2, 0.25) is 5.02 Å². The number of carbonyl (C=O) groups excluding carboxylic acids is 1. The second-order valence-electron chi connectivity index (χ2n) is 6.73. The van der Waals surface area contributed by atoms with Gasteiger partial charge in [-0.05, 0) is 38.1 Å². The minimum Gasteiger partial charge on any atom is -0.481 e. The normalized spacial score (nSPS) is 16.6. The summed E-state index contributed by atoms with van der Waals surface area (Å²) in [5, 5.41) is 0.195. The second kappa shape index (κ2) is 8.51. The molecule has 1 fully saturated rings. The second-order valence-corrected chi connectivity index (χ2v) is 9.05. The van der Waals surface area contributed by atoms with Gasteiger partial charge in [0.05, 0.1) is 5.02 Å². The maximum Gasteiger partial charge on any atom is 0.263 e. The van der Waals surface area contributed by atoms with Gasteiger partial charge in [-0.15, -0.1) is 0 Å². The van der Waals surface area contributed by atoms with E-state index in [0.29, 0.717) is 18.8 Å². The van der Waals surface area contributed by atoms with Crippen molar-refractivity contribution >= 4 is 27.5 Å². The molecule has 0 saturated carbocycles. The molecule has 1 atom stereocenters. The third kappa shape index (κ3) is 4.48. The molecule has 1 unspecified atom stereocenters. The molecule has 1 saturated heterocycles. The van der Waals surface area contributed by atoms with Gasteiger partial charge < -0.3 is 9.64 Å². The van der Waals surface area contributed by atoms with E-state index in [4.69, 9.17) is 16.3 Å². The molecule has 1 aliphatic heterocycles. The molecule has 2 aromatic carbocycles. The number of sulfonamides is 1. The Morgan fingerprint density at radius 3 is 2.25 bits per heavy atom. The van der Waals surface area contributed by atoms with Crippen molar-refractivity contribution in [3.63, 3.8) is 0 Å². The Morgan fingerprint density at radius 1 is 1.04 bits per heavy atom. The number of nitrogens with zero attached hydrogens (tertiary/aromatic N) is 2. The topological polar surface area (TPSA) is 66.9 Å². The first-order valence-corrected chi connectivity index (χ1v) is 10.9. The van der Waals surface area contributed by atoms with Gasteiger partial charge in [0.15, 0.2) is 6.10 Å². The predicted molar refractivity (Wildman–Crippen MR) is 108 cm³/mol. The molecule has 1 amide bonds. The fourth-order valence-electron chi connectivity index (χ4n) is 3.07. The SMILES string of the molecule is Cc1ccc(OC(C)C(=O)N2CCN(S(=O)(=O)c3ccccc3Cl)CC2)cc1. The van der Waals surface area contributed by atoms with Crippen LogP contribution in [0.5, 0.6) is 5.75 Å². The van der Waals surface area contributed by atoms with Gasteiger partial charge in [0, 0.05) is 26.2 Å². The minimum atomic E-state index is -3.68. The molecular formula is C20H23ClN2O4S. The van der Waals surface area contributed by atoms with Crippen molar-refractivity contribution in [3.8, 4) is 5.75 Å². The molecule has 0 bridgehead atoms. The summed E-state index contributed by atoms with van der Waals surface area (Å²) in [6.45, 7) is 4.74. The zero-order valence-electron chi connectivity index (χ0n) is 15.8. The van der Waals surface area contributed by atoms with Crippen LogP contribution < -0.4 is 4.74 Å². The maximum absolute atomic E-state index is 12.8. The summed E-state index contributed by atoms with van der Waals surface area (Å²) >= 11 is 6.05. The fraction of sp³-hybridized carbons (Fsp3) is 0.350. The summed E-state index contributed by atoms with van der Waals surface area (Å²) in [6, 6.07) is 13.9. The maximum atomic E-state index is 12.8. The lowest BCUT2D eigenvalue weighted by atomic mass is 10.2. The highest BCUT2D eigenvalue weighted by molar-refractivity contribution is 7.89. The molecule has 150 valence electrons. The van der Waals surface area contributed by atoms with Gasteiger partial charge >= 0.3 is 0 Å². The molecule has 0 aromatic heterocycles. The summed E-state index contributed by atoms with van der Waals surface area (Å²) in [5.74, 6) is 0.474. The van der Waals surface area contributed by atoms with Gasteiger partial charge in [-0.25, -0.2) is 8.42 Å². The van der Waals surface area contributed by atoms with E-state index in [9.17, 15) is 13.2 Å². The average molecular weight is 423 g/mol. The van der Waals surface area contributed by atoms with Crippen molar-refractivity contribution in [2.24, 2.45) is 0 Å². The number of amides is 1. The van der Waals surface area contributed by atoms with Gasteiger partial charge in [-0.1, -0.05) is 41.4 Å². The number of carbonyl (C=O) groups is 1. The first-order valence-electron chi connectivity index (χ1n) is 9.06. The Kier molecular flexibility index (Phi) is 6.27. The highest BCUT2D eigenvalue weighted by Gasteiger charge is 2.32. The third-order valence-electron chi connectivity index (χ3n) is 4.69. The molecule has 0 spiro atoms. The number of hydrogen-bond donors (Lipinski definition) is 0.